The van der Waals surface area contributed by atoms with Crippen LogP contribution in [0.15, 0.2) is 73.1 Å². The molecule has 3 rings (SSSR count). The van der Waals surface area contributed by atoms with E-state index in [1.54, 1.807) is 63.5 Å². The summed E-state index contributed by atoms with van der Waals surface area (Å²) < 4.78 is 5.45. The Morgan fingerprint density at radius 1 is 1.00 bits per heavy atom. The van der Waals surface area contributed by atoms with Crippen molar-refractivity contribution in [2.45, 2.75) is 39.3 Å². The van der Waals surface area contributed by atoms with Crippen molar-refractivity contribution in [3.8, 4) is 17.2 Å². The first-order valence-electron chi connectivity index (χ1n) is 10.9. The lowest BCUT2D eigenvalue weighted by molar-refractivity contribution is -0.153. The molecule has 0 fully saturated rings. The molecule has 1 unspecified atom stereocenters. The van der Waals surface area contributed by atoms with Crippen molar-refractivity contribution in [3.63, 3.8) is 0 Å². The van der Waals surface area contributed by atoms with E-state index in [9.17, 15) is 9.59 Å². The Morgan fingerprint density at radius 3 is 2.30 bits per heavy atom. The van der Waals surface area contributed by atoms with Crippen LogP contribution in [0.25, 0.3) is 11.1 Å². The van der Waals surface area contributed by atoms with Gasteiger partial charge in [0.1, 0.15) is 0 Å². The summed E-state index contributed by atoms with van der Waals surface area (Å²) in [7, 11) is 0. The third-order valence-corrected chi connectivity index (χ3v) is 5.29. The van der Waals surface area contributed by atoms with Gasteiger partial charge in [-0.15, -0.1) is 0 Å². The Kier molecular flexibility index (Phi) is 7.93. The van der Waals surface area contributed by atoms with Crippen LogP contribution in [0.1, 0.15) is 42.3 Å². The summed E-state index contributed by atoms with van der Waals surface area (Å²) in [6, 6.07) is 19.8. The Balaban J connectivity index is 1.74. The second kappa shape index (κ2) is 11.1. The van der Waals surface area contributed by atoms with Crippen LogP contribution in [-0.2, 0) is 16.0 Å². The molecule has 0 saturated carbocycles. The molecule has 0 saturated heterocycles. The van der Waals surface area contributed by atoms with Crippen molar-refractivity contribution in [2.24, 2.45) is 5.92 Å². The third-order valence-electron chi connectivity index (χ3n) is 5.29. The number of aromatic nitrogens is 1. The highest BCUT2D eigenvalue weighted by atomic mass is 16.5. The first kappa shape index (κ1) is 23.7. The standard InChI is InChI=1S/C27H27N3O3/c1-18(2)33-27(32)25(16-20-5-4-6-21(15-20)17-28)19(3)30-26(31)24-9-7-22(8-10-24)23-11-13-29-14-12-23/h4-15,18-19,25H,16H2,1-3H3,(H,30,31)/t19?,25-/m1/s1. The number of amides is 1. The molecule has 0 bridgehead atoms. The number of ether oxygens (including phenoxy) is 1. The van der Waals surface area contributed by atoms with Gasteiger partial charge in [0, 0.05) is 24.0 Å². The normalized spacial score (nSPS) is 12.5. The highest BCUT2D eigenvalue weighted by Crippen LogP contribution is 2.20. The lowest BCUT2D eigenvalue weighted by Crippen LogP contribution is -2.43. The lowest BCUT2D eigenvalue weighted by Gasteiger charge is -2.25. The van der Waals surface area contributed by atoms with E-state index in [2.05, 4.69) is 16.4 Å². The van der Waals surface area contributed by atoms with Crippen LogP contribution >= 0.6 is 0 Å². The smallest absolute Gasteiger partial charge is 0.311 e. The number of carbonyl (C=O) groups is 2. The van der Waals surface area contributed by atoms with Gasteiger partial charge in [-0.05, 0) is 80.3 Å². The van der Waals surface area contributed by atoms with E-state index < -0.39 is 12.0 Å². The molecule has 2 atom stereocenters. The van der Waals surface area contributed by atoms with Gasteiger partial charge in [0.15, 0.2) is 0 Å². The molecule has 2 aromatic carbocycles. The van der Waals surface area contributed by atoms with E-state index in [1.807, 2.05) is 30.3 Å². The molecule has 6 heteroatoms. The van der Waals surface area contributed by atoms with E-state index in [-0.39, 0.29) is 18.0 Å². The average Bonchev–Trinajstić information content (AvgIpc) is 2.82. The van der Waals surface area contributed by atoms with Gasteiger partial charge < -0.3 is 10.1 Å². The molecule has 3 aromatic rings. The topological polar surface area (TPSA) is 92.1 Å². The fourth-order valence-corrected chi connectivity index (χ4v) is 3.55. The summed E-state index contributed by atoms with van der Waals surface area (Å²) in [5.41, 5.74) is 3.86. The molecule has 33 heavy (non-hydrogen) atoms. The van der Waals surface area contributed by atoms with Crippen LogP contribution in [0.3, 0.4) is 0 Å². The lowest BCUT2D eigenvalue weighted by atomic mass is 9.92. The minimum absolute atomic E-state index is 0.267. The zero-order valence-corrected chi connectivity index (χ0v) is 19.0. The van der Waals surface area contributed by atoms with Gasteiger partial charge in [0.05, 0.1) is 23.7 Å². The summed E-state index contributed by atoms with van der Waals surface area (Å²) in [6.07, 6.45) is 3.53. The molecule has 1 aromatic heterocycles. The maximum Gasteiger partial charge on any atom is 0.311 e. The average molecular weight is 442 g/mol. The van der Waals surface area contributed by atoms with E-state index >= 15 is 0 Å². The maximum atomic E-state index is 12.9. The van der Waals surface area contributed by atoms with Crippen molar-refractivity contribution < 1.29 is 14.3 Å². The first-order chi connectivity index (χ1) is 15.9. The fourth-order valence-electron chi connectivity index (χ4n) is 3.55. The molecule has 168 valence electrons. The molecular weight excluding hydrogens is 414 g/mol. The number of rotatable bonds is 8. The fraction of sp³-hybridized carbons (Fsp3) is 0.259. The number of nitriles is 1. The molecular formula is C27H27N3O3. The molecule has 1 heterocycles. The van der Waals surface area contributed by atoms with Gasteiger partial charge in [-0.2, -0.15) is 5.26 Å². The van der Waals surface area contributed by atoms with Crippen molar-refractivity contribution >= 4 is 11.9 Å². The zero-order valence-electron chi connectivity index (χ0n) is 19.0. The molecule has 1 N–H and O–H groups in total. The number of hydrogen-bond donors (Lipinski definition) is 1. The summed E-state index contributed by atoms with van der Waals surface area (Å²) in [4.78, 5) is 29.7. The van der Waals surface area contributed by atoms with Gasteiger partial charge in [-0.1, -0.05) is 24.3 Å². The van der Waals surface area contributed by atoms with Crippen LogP contribution < -0.4 is 5.32 Å². The number of nitrogens with zero attached hydrogens (tertiary/aromatic N) is 2. The molecule has 0 aliphatic carbocycles. The van der Waals surface area contributed by atoms with Gasteiger partial charge in [0.25, 0.3) is 5.91 Å². The predicted molar refractivity (Wildman–Crippen MR) is 126 cm³/mol. The summed E-state index contributed by atoms with van der Waals surface area (Å²) >= 11 is 0. The zero-order chi connectivity index (χ0) is 23.8. The molecule has 0 spiro atoms. The number of esters is 1. The summed E-state index contributed by atoms with van der Waals surface area (Å²) in [5.74, 6) is -1.24. The Morgan fingerprint density at radius 2 is 1.67 bits per heavy atom. The largest absolute Gasteiger partial charge is 0.463 e. The van der Waals surface area contributed by atoms with Crippen LogP contribution in [0.2, 0.25) is 0 Å². The Labute approximate surface area is 194 Å². The highest BCUT2D eigenvalue weighted by molar-refractivity contribution is 5.95. The number of hydrogen-bond acceptors (Lipinski definition) is 5. The molecule has 6 nitrogen and oxygen atoms in total. The first-order valence-corrected chi connectivity index (χ1v) is 10.9. The minimum atomic E-state index is -0.596. The number of benzene rings is 2. The third kappa shape index (κ3) is 6.50. The van der Waals surface area contributed by atoms with Gasteiger partial charge in [-0.25, -0.2) is 0 Å². The number of pyridine rings is 1. The van der Waals surface area contributed by atoms with E-state index in [1.165, 1.54) is 0 Å². The SMILES string of the molecule is CC(C)OC(=O)[C@H](Cc1cccc(C#N)c1)C(C)NC(=O)c1ccc(-c2ccncc2)cc1. The number of carbonyl (C=O) groups excluding carboxylic acids is 2. The van der Waals surface area contributed by atoms with Crippen LogP contribution in [-0.4, -0.2) is 29.0 Å². The van der Waals surface area contributed by atoms with Gasteiger partial charge >= 0.3 is 5.97 Å². The summed E-state index contributed by atoms with van der Waals surface area (Å²) in [6.45, 7) is 5.38. The van der Waals surface area contributed by atoms with Crippen LogP contribution in [0.4, 0.5) is 0 Å². The van der Waals surface area contributed by atoms with Gasteiger partial charge in [-0.3, -0.25) is 14.6 Å². The Hall–Kier alpha value is -3.98. The monoisotopic (exact) mass is 441 g/mol. The minimum Gasteiger partial charge on any atom is -0.463 e. The molecule has 1 amide bonds. The van der Waals surface area contributed by atoms with Crippen molar-refractivity contribution in [3.05, 3.63) is 89.7 Å². The molecule has 0 aliphatic rings. The maximum absolute atomic E-state index is 12.9. The van der Waals surface area contributed by atoms with Crippen LogP contribution in [0.5, 0.6) is 0 Å². The van der Waals surface area contributed by atoms with Crippen LogP contribution in [0, 0.1) is 17.2 Å². The van der Waals surface area contributed by atoms with E-state index in [4.69, 9.17) is 10.00 Å². The van der Waals surface area contributed by atoms with E-state index in [0.29, 0.717) is 17.5 Å². The van der Waals surface area contributed by atoms with Crippen molar-refractivity contribution in [1.82, 2.24) is 10.3 Å². The van der Waals surface area contributed by atoms with Crippen molar-refractivity contribution in [2.75, 3.05) is 0 Å². The quantitative estimate of drug-likeness (QED) is 0.518. The second-order valence-electron chi connectivity index (χ2n) is 8.18. The highest BCUT2D eigenvalue weighted by Gasteiger charge is 2.29. The van der Waals surface area contributed by atoms with E-state index in [0.717, 1.165) is 16.7 Å². The predicted octanol–water partition coefficient (Wildman–Crippen LogP) is 4.55. The molecule has 0 radical (unpaired) electrons. The van der Waals surface area contributed by atoms with Crippen molar-refractivity contribution in [1.29, 1.82) is 5.26 Å². The molecule has 0 aliphatic heterocycles. The number of nitrogens with one attached hydrogen (secondary N) is 1. The van der Waals surface area contributed by atoms with Gasteiger partial charge in [0.2, 0.25) is 0 Å². The Bertz CT molecular complexity index is 1140. The summed E-state index contributed by atoms with van der Waals surface area (Å²) in [5, 5.41) is 12.1. The second-order valence-corrected chi connectivity index (χ2v) is 8.18.